The minimum atomic E-state index is -2.71. The average Bonchev–Trinajstić information content (AvgIpc) is 2.92. The average molecular weight is 602 g/mol. The zero-order valence-corrected chi connectivity index (χ0v) is 25.0. The fraction of sp³-hybridized carbons (Fsp3) is 0.533. The van der Waals surface area contributed by atoms with Crippen molar-refractivity contribution in [2.75, 3.05) is 53.4 Å². The Morgan fingerprint density at radius 2 is 1.79 bits per heavy atom. The van der Waals surface area contributed by atoms with E-state index in [-0.39, 0.29) is 49.2 Å². The van der Waals surface area contributed by atoms with Gasteiger partial charge in [0.1, 0.15) is 22.8 Å². The summed E-state index contributed by atoms with van der Waals surface area (Å²) in [6.45, 7) is 0.628. The number of methoxy groups -OCH3 is 1. The van der Waals surface area contributed by atoms with Gasteiger partial charge in [-0.2, -0.15) is 0 Å². The van der Waals surface area contributed by atoms with Gasteiger partial charge in [0.25, 0.3) is 5.91 Å². The van der Waals surface area contributed by atoms with Crippen molar-refractivity contribution >= 4 is 34.9 Å². The van der Waals surface area contributed by atoms with Gasteiger partial charge in [-0.1, -0.05) is 0 Å². The van der Waals surface area contributed by atoms with Crippen LogP contribution in [0.25, 0.3) is 5.76 Å². The molecule has 6 N–H and O–H groups in total. The van der Waals surface area contributed by atoms with Crippen LogP contribution in [0.15, 0.2) is 23.0 Å². The number of amides is 1. The Morgan fingerprint density at radius 3 is 2.37 bits per heavy atom. The zero-order valence-electron chi connectivity index (χ0n) is 25.0. The minimum Gasteiger partial charge on any atom is -0.508 e. The number of phenolic OH excluding ortho intramolecular Hbond substituents is 1. The minimum absolute atomic E-state index is 0.00391. The number of carbonyl (C=O) groups is 4. The second-order valence-corrected chi connectivity index (χ2v) is 11.7. The number of Topliss-reactive ketones (excluding diaryl/α,β-unsaturated/α-hetero) is 2. The number of primary amides is 1. The molecule has 4 rings (SSSR count). The van der Waals surface area contributed by atoms with Crippen LogP contribution in [0, 0.1) is 11.8 Å². The lowest BCUT2D eigenvalue weighted by atomic mass is 9.57. The topological polar surface area (TPSA) is 200 Å². The normalized spacial score (nSPS) is 25.0. The van der Waals surface area contributed by atoms with Crippen LogP contribution >= 0.6 is 0 Å². The van der Waals surface area contributed by atoms with Gasteiger partial charge >= 0.3 is 5.97 Å². The maximum atomic E-state index is 14.1. The molecule has 3 aliphatic rings. The molecule has 1 amide bonds. The van der Waals surface area contributed by atoms with Crippen LogP contribution in [0.5, 0.6) is 5.75 Å². The number of aromatic hydroxyl groups is 1. The third-order valence-electron chi connectivity index (χ3n) is 8.61. The van der Waals surface area contributed by atoms with E-state index in [1.54, 1.807) is 46.3 Å². The van der Waals surface area contributed by atoms with Crippen molar-refractivity contribution < 1.29 is 49.1 Å². The Labute approximate surface area is 249 Å². The van der Waals surface area contributed by atoms with Crippen molar-refractivity contribution in [2.24, 2.45) is 17.6 Å². The number of likely N-dealkylation sites (N-methyl/N-ethyl adjacent to an activating group) is 1. The number of nitrogens with two attached hydrogens (primary N) is 1. The van der Waals surface area contributed by atoms with Crippen LogP contribution < -0.4 is 10.6 Å². The van der Waals surface area contributed by atoms with E-state index in [4.69, 9.17) is 15.2 Å². The van der Waals surface area contributed by atoms with Gasteiger partial charge < -0.3 is 40.5 Å². The lowest BCUT2D eigenvalue weighted by molar-refractivity contribution is -0.153. The van der Waals surface area contributed by atoms with Crippen LogP contribution in [-0.2, 0) is 41.5 Å². The standard InChI is InChI=1S/C30H39N3O10/c1-32(2)18-13-14(7-8-19(34)43-10-6-9-42-5)24(35)21-16(18)11-15-12-17-23(33(3)4)26(37)22(29(31)40)28(39)30(17,41)27(38)20(15)25(21)36/h13,15,17,23,35-36,39,41H,6-12H2,1-5H3,(H2,31,40). The number of fused-ring (bicyclic) bond motifs is 3. The first-order valence-electron chi connectivity index (χ1n) is 14.0. The lowest BCUT2D eigenvalue weighted by Crippen LogP contribution is -2.65. The number of aliphatic hydroxyl groups excluding tert-OH is 2. The molecular weight excluding hydrogens is 562 g/mol. The molecule has 0 aromatic heterocycles. The summed E-state index contributed by atoms with van der Waals surface area (Å²) in [5, 5.41) is 45.7. The van der Waals surface area contributed by atoms with E-state index >= 15 is 0 Å². The van der Waals surface area contributed by atoms with Crippen LogP contribution in [0.4, 0.5) is 5.69 Å². The van der Waals surface area contributed by atoms with Crippen molar-refractivity contribution in [2.45, 2.75) is 43.7 Å². The van der Waals surface area contributed by atoms with E-state index in [1.165, 1.54) is 4.90 Å². The van der Waals surface area contributed by atoms with Gasteiger partial charge in [0.15, 0.2) is 11.4 Å². The lowest BCUT2D eigenvalue weighted by Gasteiger charge is -2.50. The summed E-state index contributed by atoms with van der Waals surface area (Å²) in [5.74, 6) is -7.55. The second kappa shape index (κ2) is 12.0. The predicted octanol–water partition coefficient (Wildman–Crippen LogP) is 0.542. The van der Waals surface area contributed by atoms with Crippen LogP contribution in [0.2, 0.25) is 0 Å². The van der Waals surface area contributed by atoms with E-state index < -0.39 is 64.0 Å². The molecule has 1 aromatic rings. The highest BCUT2D eigenvalue weighted by Crippen LogP contribution is 2.54. The molecule has 0 heterocycles. The summed E-state index contributed by atoms with van der Waals surface area (Å²) >= 11 is 0. The molecule has 4 atom stereocenters. The van der Waals surface area contributed by atoms with Gasteiger partial charge in [0.2, 0.25) is 5.78 Å². The summed E-state index contributed by atoms with van der Waals surface area (Å²) in [4.78, 5) is 55.0. The fourth-order valence-corrected chi connectivity index (χ4v) is 6.63. The molecule has 234 valence electrons. The first-order valence-corrected chi connectivity index (χ1v) is 14.0. The Kier molecular flexibility index (Phi) is 8.91. The molecule has 4 unspecified atom stereocenters. The SMILES string of the molecule is COCCCOC(=O)CCc1cc(N(C)C)c2c(c1O)C(O)=C1C(=O)C3(O)C(O)=C(C(N)=O)C(=O)C(N(C)C)C3CC1C2. The van der Waals surface area contributed by atoms with E-state index in [9.17, 15) is 39.6 Å². The molecule has 1 saturated carbocycles. The molecule has 43 heavy (non-hydrogen) atoms. The van der Waals surface area contributed by atoms with Crippen molar-refractivity contribution in [3.63, 3.8) is 0 Å². The maximum Gasteiger partial charge on any atom is 0.306 e. The highest BCUT2D eigenvalue weighted by molar-refractivity contribution is 6.24. The number of nitrogens with zero attached hydrogens (tertiary/aromatic N) is 2. The van der Waals surface area contributed by atoms with Crippen molar-refractivity contribution in [1.29, 1.82) is 0 Å². The third kappa shape index (κ3) is 5.25. The largest absolute Gasteiger partial charge is 0.508 e. The molecule has 0 spiro atoms. The van der Waals surface area contributed by atoms with Gasteiger partial charge in [-0.05, 0) is 56.5 Å². The summed E-state index contributed by atoms with van der Waals surface area (Å²) in [6.07, 6.45) is 0.720. The number of anilines is 1. The first kappa shape index (κ1) is 32.0. The molecule has 0 radical (unpaired) electrons. The van der Waals surface area contributed by atoms with Crippen LogP contribution in [0.1, 0.15) is 36.0 Å². The van der Waals surface area contributed by atoms with Crippen molar-refractivity contribution in [3.05, 3.63) is 39.7 Å². The monoisotopic (exact) mass is 601 g/mol. The number of ketones is 2. The molecule has 1 fully saturated rings. The number of benzene rings is 1. The number of hydrogen-bond donors (Lipinski definition) is 5. The van der Waals surface area contributed by atoms with Gasteiger partial charge in [-0.15, -0.1) is 0 Å². The number of hydrogen-bond acceptors (Lipinski definition) is 12. The fourth-order valence-electron chi connectivity index (χ4n) is 6.63. The number of rotatable bonds is 10. The quantitative estimate of drug-likeness (QED) is 0.142. The third-order valence-corrected chi connectivity index (χ3v) is 8.61. The summed E-state index contributed by atoms with van der Waals surface area (Å²) in [7, 11) is 8.19. The molecule has 0 saturated heterocycles. The maximum absolute atomic E-state index is 14.1. The van der Waals surface area contributed by atoms with Crippen LogP contribution in [-0.4, -0.2) is 109 Å². The predicted molar refractivity (Wildman–Crippen MR) is 154 cm³/mol. The summed E-state index contributed by atoms with van der Waals surface area (Å²) < 4.78 is 10.1. The van der Waals surface area contributed by atoms with E-state index in [2.05, 4.69) is 0 Å². The Morgan fingerprint density at radius 1 is 1.12 bits per heavy atom. The Balaban J connectivity index is 1.81. The molecule has 13 nitrogen and oxygen atoms in total. The molecule has 3 aliphatic carbocycles. The molecule has 0 aliphatic heterocycles. The van der Waals surface area contributed by atoms with Gasteiger partial charge in [0.05, 0.1) is 18.2 Å². The molecule has 0 bridgehead atoms. The first-order chi connectivity index (χ1) is 20.2. The van der Waals surface area contributed by atoms with E-state index in [0.29, 0.717) is 29.8 Å². The smallest absolute Gasteiger partial charge is 0.306 e. The second-order valence-electron chi connectivity index (χ2n) is 11.7. The molecule has 1 aromatic carbocycles. The molecular formula is C30H39N3O10. The van der Waals surface area contributed by atoms with E-state index in [0.717, 1.165) is 0 Å². The zero-order chi connectivity index (χ0) is 32.0. The number of phenols is 1. The number of ether oxygens (including phenoxy) is 2. The highest BCUT2D eigenvalue weighted by Gasteiger charge is 2.64. The summed E-state index contributed by atoms with van der Waals surface area (Å²) in [6, 6.07) is 0.558. The number of esters is 1. The van der Waals surface area contributed by atoms with Crippen LogP contribution in [0.3, 0.4) is 0 Å². The summed E-state index contributed by atoms with van der Waals surface area (Å²) in [5.41, 5.74) is 3.05. The highest BCUT2D eigenvalue weighted by atomic mass is 16.5. The van der Waals surface area contributed by atoms with Gasteiger partial charge in [0, 0.05) is 57.8 Å². The number of carbonyl (C=O) groups excluding carboxylic acids is 4. The van der Waals surface area contributed by atoms with Gasteiger partial charge in [-0.25, -0.2) is 0 Å². The van der Waals surface area contributed by atoms with E-state index in [1.807, 2.05) is 0 Å². The van der Waals surface area contributed by atoms with Crippen molar-refractivity contribution in [3.8, 4) is 5.75 Å². The number of aliphatic hydroxyl groups is 3. The number of aryl methyl sites for hydroxylation is 1. The Bertz CT molecular complexity index is 1430. The Hall–Kier alpha value is -3.94. The van der Waals surface area contributed by atoms with Crippen molar-refractivity contribution in [1.82, 2.24) is 4.90 Å². The van der Waals surface area contributed by atoms with Gasteiger partial charge in [-0.3, -0.25) is 24.1 Å². The molecule has 13 heteroatoms.